The lowest BCUT2D eigenvalue weighted by molar-refractivity contribution is 0.0474. The largest absolute Gasteiger partial charge is 0.495 e. The van der Waals surface area contributed by atoms with Gasteiger partial charge in [-0.25, -0.2) is 18.4 Å². The molecule has 0 aliphatic carbocycles. The summed E-state index contributed by atoms with van der Waals surface area (Å²) in [6.45, 7) is 0.0664. The topological polar surface area (TPSA) is 95.7 Å². The van der Waals surface area contributed by atoms with Crippen LogP contribution in [0.4, 0.5) is 0 Å². The number of carbonyl (C=O) groups is 1. The molecule has 0 atom stereocenters. The molecule has 0 aliphatic heterocycles. The van der Waals surface area contributed by atoms with Crippen molar-refractivity contribution in [2.45, 2.75) is 11.5 Å². The van der Waals surface area contributed by atoms with Crippen LogP contribution in [-0.2, 0) is 21.4 Å². The first-order chi connectivity index (χ1) is 12.4. The zero-order valence-electron chi connectivity index (χ0n) is 14.0. The van der Waals surface area contributed by atoms with Gasteiger partial charge in [0, 0.05) is 0 Å². The molecule has 0 unspecified atom stereocenters. The van der Waals surface area contributed by atoms with E-state index in [-0.39, 0.29) is 22.8 Å². The molecule has 0 radical (unpaired) electrons. The summed E-state index contributed by atoms with van der Waals surface area (Å²) < 4.78 is 33.6. The molecule has 3 aromatic carbocycles. The van der Waals surface area contributed by atoms with Crippen LogP contribution in [0.25, 0.3) is 10.8 Å². The molecule has 0 fully saturated rings. The van der Waals surface area contributed by atoms with Crippen LogP contribution >= 0.6 is 0 Å². The van der Waals surface area contributed by atoms with E-state index in [1.165, 1.54) is 19.2 Å². The third-order valence-electron chi connectivity index (χ3n) is 3.94. The summed E-state index contributed by atoms with van der Waals surface area (Å²) in [7, 11) is -2.71. The third kappa shape index (κ3) is 3.68. The maximum atomic E-state index is 12.3. The Morgan fingerprint density at radius 2 is 1.77 bits per heavy atom. The van der Waals surface area contributed by atoms with E-state index in [9.17, 15) is 13.2 Å². The maximum Gasteiger partial charge on any atom is 0.338 e. The van der Waals surface area contributed by atoms with Gasteiger partial charge in [0.2, 0.25) is 10.0 Å². The second-order valence-electron chi connectivity index (χ2n) is 5.63. The van der Waals surface area contributed by atoms with Crippen molar-refractivity contribution in [1.82, 2.24) is 0 Å². The molecule has 0 spiro atoms. The van der Waals surface area contributed by atoms with Crippen molar-refractivity contribution in [3.05, 3.63) is 71.8 Å². The van der Waals surface area contributed by atoms with E-state index in [4.69, 9.17) is 14.6 Å². The molecule has 0 heterocycles. The summed E-state index contributed by atoms with van der Waals surface area (Å²) >= 11 is 0. The van der Waals surface area contributed by atoms with Crippen LogP contribution in [0.1, 0.15) is 15.9 Å². The van der Waals surface area contributed by atoms with Crippen molar-refractivity contribution >= 4 is 26.8 Å². The minimum Gasteiger partial charge on any atom is -0.495 e. The number of esters is 1. The molecule has 26 heavy (non-hydrogen) atoms. The molecule has 134 valence electrons. The van der Waals surface area contributed by atoms with Gasteiger partial charge >= 0.3 is 5.97 Å². The number of hydrogen-bond donors (Lipinski definition) is 1. The molecule has 6 nitrogen and oxygen atoms in total. The van der Waals surface area contributed by atoms with Gasteiger partial charge in [-0.05, 0) is 34.5 Å². The fourth-order valence-corrected chi connectivity index (χ4v) is 3.39. The summed E-state index contributed by atoms with van der Waals surface area (Å²) in [6, 6.07) is 17.5. The standard InChI is InChI=1S/C19H17NO5S/c1-24-17-10-9-14(11-18(17)26(20,22)23)19(21)25-12-15-7-4-6-13-5-2-3-8-16(13)15/h2-11H,12H2,1H3,(H2,20,22,23). The molecule has 0 bridgehead atoms. The lowest BCUT2D eigenvalue weighted by Crippen LogP contribution is -2.15. The van der Waals surface area contributed by atoms with Gasteiger partial charge in [-0.3, -0.25) is 0 Å². The zero-order valence-corrected chi connectivity index (χ0v) is 14.8. The fraction of sp³-hybridized carbons (Fsp3) is 0.105. The Morgan fingerprint density at radius 1 is 1.04 bits per heavy atom. The van der Waals surface area contributed by atoms with Gasteiger partial charge in [0.15, 0.2) is 0 Å². The SMILES string of the molecule is COc1ccc(C(=O)OCc2cccc3ccccc23)cc1S(N)(=O)=O. The predicted octanol–water partition coefficient (Wildman–Crippen LogP) is 2.85. The third-order valence-corrected chi connectivity index (χ3v) is 4.88. The number of fused-ring (bicyclic) bond motifs is 1. The molecule has 0 aliphatic rings. The predicted molar refractivity (Wildman–Crippen MR) is 97.4 cm³/mol. The van der Waals surface area contributed by atoms with Crippen LogP contribution in [0.3, 0.4) is 0 Å². The second kappa shape index (κ2) is 7.15. The van der Waals surface area contributed by atoms with Crippen molar-refractivity contribution in [3.63, 3.8) is 0 Å². The quantitative estimate of drug-likeness (QED) is 0.696. The summed E-state index contributed by atoms with van der Waals surface area (Å²) in [4.78, 5) is 12.1. The van der Waals surface area contributed by atoms with Gasteiger partial charge in [0.05, 0.1) is 12.7 Å². The highest BCUT2D eigenvalue weighted by atomic mass is 32.2. The van der Waals surface area contributed by atoms with Crippen LogP contribution < -0.4 is 9.88 Å². The molecule has 3 aromatic rings. The summed E-state index contributed by atoms with van der Waals surface area (Å²) in [5, 5.41) is 7.20. The van der Waals surface area contributed by atoms with Crippen molar-refractivity contribution in [2.75, 3.05) is 7.11 Å². The number of primary sulfonamides is 1. The second-order valence-corrected chi connectivity index (χ2v) is 7.15. The Kier molecular flexibility index (Phi) is 4.92. The van der Waals surface area contributed by atoms with E-state index >= 15 is 0 Å². The van der Waals surface area contributed by atoms with E-state index in [0.29, 0.717) is 0 Å². The van der Waals surface area contributed by atoms with Gasteiger partial charge in [-0.15, -0.1) is 0 Å². The molecule has 7 heteroatoms. The normalized spacial score (nSPS) is 11.3. The Bertz CT molecular complexity index is 1070. The van der Waals surface area contributed by atoms with Gasteiger partial charge < -0.3 is 9.47 Å². The van der Waals surface area contributed by atoms with Gasteiger partial charge in [-0.2, -0.15) is 0 Å². The number of methoxy groups -OCH3 is 1. The lowest BCUT2D eigenvalue weighted by atomic mass is 10.1. The van der Waals surface area contributed by atoms with Gasteiger partial charge in [0.25, 0.3) is 0 Å². The van der Waals surface area contributed by atoms with E-state index in [1.54, 1.807) is 0 Å². The number of sulfonamides is 1. The minimum absolute atomic E-state index is 0.0664. The van der Waals surface area contributed by atoms with Crippen LogP contribution in [0.2, 0.25) is 0 Å². The number of rotatable bonds is 5. The van der Waals surface area contributed by atoms with Crippen LogP contribution in [-0.4, -0.2) is 21.5 Å². The molecule has 0 saturated carbocycles. The monoisotopic (exact) mass is 371 g/mol. The highest BCUT2D eigenvalue weighted by molar-refractivity contribution is 7.89. The van der Waals surface area contributed by atoms with Gasteiger partial charge in [-0.1, -0.05) is 42.5 Å². The number of nitrogens with two attached hydrogens (primary N) is 1. The Hall–Kier alpha value is -2.90. The first-order valence-electron chi connectivity index (χ1n) is 7.75. The number of benzene rings is 3. The molecular formula is C19H17NO5S. The summed E-state index contributed by atoms with van der Waals surface area (Å²) in [6.07, 6.45) is 0. The molecule has 0 aromatic heterocycles. The van der Waals surface area contributed by atoms with Crippen LogP contribution in [0.5, 0.6) is 5.75 Å². The average Bonchev–Trinajstić information content (AvgIpc) is 2.64. The van der Waals surface area contributed by atoms with Gasteiger partial charge in [0.1, 0.15) is 17.3 Å². The first-order valence-corrected chi connectivity index (χ1v) is 9.29. The van der Waals surface area contributed by atoms with Crippen molar-refractivity contribution < 1.29 is 22.7 Å². The molecule has 0 amide bonds. The van der Waals surface area contributed by atoms with Crippen LogP contribution in [0.15, 0.2) is 65.6 Å². The molecule has 3 rings (SSSR count). The maximum absolute atomic E-state index is 12.3. The smallest absolute Gasteiger partial charge is 0.338 e. The summed E-state index contributed by atoms with van der Waals surface area (Å²) in [5.74, 6) is -0.580. The Balaban J connectivity index is 1.84. The highest BCUT2D eigenvalue weighted by Crippen LogP contribution is 2.25. The fourth-order valence-electron chi connectivity index (χ4n) is 2.67. The first kappa shape index (κ1) is 17.9. The summed E-state index contributed by atoms with van der Waals surface area (Å²) in [5.41, 5.74) is 0.937. The van der Waals surface area contributed by atoms with Crippen LogP contribution in [0, 0.1) is 0 Å². The molecule has 2 N–H and O–H groups in total. The van der Waals surface area contributed by atoms with Crippen molar-refractivity contribution in [3.8, 4) is 5.75 Å². The molecular weight excluding hydrogens is 354 g/mol. The Labute approximate surface area is 151 Å². The van der Waals surface area contributed by atoms with E-state index in [0.717, 1.165) is 22.4 Å². The highest BCUT2D eigenvalue weighted by Gasteiger charge is 2.19. The zero-order chi connectivity index (χ0) is 18.7. The minimum atomic E-state index is -4.03. The molecule has 0 saturated heterocycles. The van der Waals surface area contributed by atoms with E-state index < -0.39 is 16.0 Å². The van der Waals surface area contributed by atoms with E-state index in [2.05, 4.69) is 0 Å². The average molecular weight is 371 g/mol. The lowest BCUT2D eigenvalue weighted by Gasteiger charge is -2.10. The number of carbonyl (C=O) groups excluding carboxylic acids is 1. The van der Waals surface area contributed by atoms with E-state index in [1.807, 2.05) is 42.5 Å². The van der Waals surface area contributed by atoms with Crippen molar-refractivity contribution in [2.24, 2.45) is 5.14 Å². The Morgan fingerprint density at radius 3 is 2.50 bits per heavy atom. The number of ether oxygens (including phenoxy) is 2. The number of hydrogen-bond acceptors (Lipinski definition) is 5. The van der Waals surface area contributed by atoms with Crippen molar-refractivity contribution in [1.29, 1.82) is 0 Å².